The first-order valence-corrected chi connectivity index (χ1v) is 5.45. The van der Waals surface area contributed by atoms with Crippen LogP contribution in [0.3, 0.4) is 0 Å². The van der Waals surface area contributed by atoms with Crippen molar-refractivity contribution in [3.63, 3.8) is 0 Å². The third-order valence-electron chi connectivity index (χ3n) is 2.69. The number of aromatic carboxylic acids is 1. The minimum Gasteiger partial charge on any atom is -0.478 e. The van der Waals surface area contributed by atoms with Crippen molar-refractivity contribution in [2.75, 3.05) is 0 Å². The van der Waals surface area contributed by atoms with Crippen LogP contribution in [0.4, 0.5) is 5.69 Å². The lowest BCUT2D eigenvalue weighted by Crippen LogP contribution is -2.02. The number of pyridine rings is 1. The molecule has 1 heterocycles. The van der Waals surface area contributed by atoms with Gasteiger partial charge in [-0.3, -0.25) is 15.1 Å². The number of carbonyl (C=O) groups is 1. The molecular weight excluding hydrogens is 248 g/mol. The summed E-state index contributed by atoms with van der Waals surface area (Å²) in [5.41, 5.74) is 1.10. The fourth-order valence-electron chi connectivity index (χ4n) is 1.79. The highest BCUT2D eigenvalue weighted by Gasteiger charge is 2.17. The van der Waals surface area contributed by atoms with E-state index < -0.39 is 10.9 Å². The number of nitro groups is 1. The second-order valence-corrected chi connectivity index (χ2v) is 3.91. The maximum Gasteiger partial charge on any atom is 0.337 e. The maximum atomic E-state index is 10.9. The summed E-state index contributed by atoms with van der Waals surface area (Å²) in [6.07, 6.45) is 0. The molecule has 19 heavy (non-hydrogen) atoms. The minimum absolute atomic E-state index is 0.0579. The molecule has 2 rings (SSSR count). The van der Waals surface area contributed by atoms with E-state index in [1.165, 1.54) is 18.2 Å². The highest BCUT2D eigenvalue weighted by molar-refractivity contribution is 5.89. The van der Waals surface area contributed by atoms with Gasteiger partial charge in [0.25, 0.3) is 5.69 Å². The molecule has 0 spiro atoms. The normalized spacial score (nSPS) is 10.2. The Morgan fingerprint density at radius 1 is 1.26 bits per heavy atom. The predicted octanol–water partition coefficient (Wildman–Crippen LogP) is 2.66. The van der Waals surface area contributed by atoms with Crippen LogP contribution in [-0.2, 0) is 0 Å². The molecule has 0 aliphatic rings. The molecule has 0 atom stereocenters. The van der Waals surface area contributed by atoms with Crippen LogP contribution >= 0.6 is 0 Å². The standard InChI is InChI=1S/C13H10N2O4/c1-8-9(13(16)17)6-7-11(14-8)10-4-2-3-5-12(10)15(18)19/h2-7H,1H3,(H,16,17). The van der Waals surface area contributed by atoms with E-state index in [1.807, 2.05) is 0 Å². The van der Waals surface area contributed by atoms with Crippen LogP contribution in [0.2, 0.25) is 0 Å². The van der Waals surface area contributed by atoms with Crippen molar-refractivity contribution in [3.05, 3.63) is 57.8 Å². The lowest BCUT2D eigenvalue weighted by Gasteiger charge is -2.05. The lowest BCUT2D eigenvalue weighted by atomic mass is 10.1. The molecule has 96 valence electrons. The summed E-state index contributed by atoms with van der Waals surface area (Å²) < 4.78 is 0. The Morgan fingerprint density at radius 2 is 1.95 bits per heavy atom. The summed E-state index contributed by atoms with van der Waals surface area (Å²) in [4.78, 5) is 25.5. The third kappa shape index (κ3) is 2.42. The Balaban J connectivity index is 2.57. The van der Waals surface area contributed by atoms with Crippen LogP contribution in [0.5, 0.6) is 0 Å². The van der Waals surface area contributed by atoms with Crippen LogP contribution in [0.1, 0.15) is 16.1 Å². The van der Waals surface area contributed by atoms with E-state index in [9.17, 15) is 14.9 Å². The number of nitro benzene ring substituents is 1. The molecule has 0 saturated carbocycles. The summed E-state index contributed by atoms with van der Waals surface area (Å²) in [5.74, 6) is -1.07. The van der Waals surface area contributed by atoms with Crippen LogP contribution < -0.4 is 0 Å². The van der Waals surface area contributed by atoms with E-state index in [0.717, 1.165) is 0 Å². The van der Waals surface area contributed by atoms with E-state index in [4.69, 9.17) is 5.11 Å². The monoisotopic (exact) mass is 258 g/mol. The van der Waals surface area contributed by atoms with Gasteiger partial charge in [0.05, 0.1) is 27.4 Å². The van der Waals surface area contributed by atoms with E-state index in [1.54, 1.807) is 25.1 Å². The topological polar surface area (TPSA) is 93.3 Å². The molecule has 1 aromatic heterocycles. The van der Waals surface area contributed by atoms with Gasteiger partial charge in [-0.1, -0.05) is 12.1 Å². The third-order valence-corrected chi connectivity index (χ3v) is 2.69. The number of rotatable bonds is 3. The second-order valence-electron chi connectivity index (χ2n) is 3.91. The summed E-state index contributed by atoms with van der Waals surface area (Å²) >= 11 is 0. The first-order chi connectivity index (χ1) is 9.00. The zero-order chi connectivity index (χ0) is 14.0. The highest BCUT2D eigenvalue weighted by atomic mass is 16.6. The van der Waals surface area contributed by atoms with Crippen molar-refractivity contribution < 1.29 is 14.8 Å². The van der Waals surface area contributed by atoms with E-state index in [2.05, 4.69) is 4.98 Å². The van der Waals surface area contributed by atoms with Crippen molar-refractivity contribution in [3.8, 4) is 11.3 Å². The van der Waals surface area contributed by atoms with Crippen LogP contribution in [0.15, 0.2) is 36.4 Å². The number of benzene rings is 1. The number of para-hydroxylation sites is 1. The largest absolute Gasteiger partial charge is 0.478 e. The molecule has 1 aromatic carbocycles. The lowest BCUT2D eigenvalue weighted by molar-refractivity contribution is -0.384. The number of carboxylic acids is 1. The van der Waals surface area contributed by atoms with Crippen molar-refractivity contribution in [2.24, 2.45) is 0 Å². The maximum absolute atomic E-state index is 10.9. The number of aromatic nitrogens is 1. The molecule has 0 saturated heterocycles. The molecule has 2 aromatic rings. The molecule has 0 aliphatic heterocycles. The van der Waals surface area contributed by atoms with Gasteiger partial charge in [-0.15, -0.1) is 0 Å². The Bertz CT molecular complexity index is 667. The van der Waals surface area contributed by atoms with Gasteiger partial charge in [0.1, 0.15) is 0 Å². The van der Waals surface area contributed by atoms with Gasteiger partial charge in [0.2, 0.25) is 0 Å². The van der Waals surface area contributed by atoms with E-state index in [-0.39, 0.29) is 11.3 Å². The number of aryl methyl sites for hydroxylation is 1. The van der Waals surface area contributed by atoms with Crippen LogP contribution in [0, 0.1) is 17.0 Å². The summed E-state index contributed by atoms with van der Waals surface area (Å²) in [5, 5.41) is 19.9. The summed E-state index contributed by atoms with van der Waals surface area (Å²) in [6, 6.07) is 9.08. The zero-order valence-electron chi connectivity index (χ0n) is 10.0. The van der Waals surface area contributed by atoms with Gasteiger partial charge in [0, 0.05) is 6.07 Å². The van der Waals surface area contributed by atoms with Gasteiger partial charge in [-0.05, 0) is 25.1 Å². The Hall–Kier alpha value is -2.76. The number of hydrogen-bond acceptors (Lipinski definition) is 4. The van der Waals surface area contributed by atoms with Gasteiger partial charge < -0.3 is 5.11 Å². The fourth-order valence-corrected chi connectivity index (χ4v) is 1.79. The Kier molecular flexibility index (Phi) is 3.24. The first kappa shape index (κ1) is 12.7. The van der Waals surface area contributed by atoms with Crippen LogP contribution in [0.25, 0.3) is 11.3 Å². The van der Waals surface area contributed by atoms with E-state index in [0.29, 0.717) is 17.0 Å². The van der Waals surface area contributed by atoms with Gasteiger partial charge >= 0.3 is 5.97 Å². The van der Waals surface area contributed by atoms with Crippen LogP contribution in [-0.4, -0.2) is 21.0 Å². The van der Waals surface area contributed by atoms with Gasteiger partial charge in [-0.25, -0.2) is 4.79 Å². The molecular formula is C13H10N2O4. The van der Waals surface area contributed by atoms with Gasteiger partial charge in [0.15, 0.2) is 0 Å². The molecule has 0 amide bonds. The molecule has 0 aliphatic carbocycles. The molecule has 6 heteroatoms. The van der Waals surface area contributed by atoms with Gasteiger partial charge in [-0.2, -0.15) is 0 Å². The number of carboxylic acid groups (broad SMARTS) is 1. The van der Waals surface area contributed by atoms with Crippen molar-refractivity contribution in [2.45, 2.75) is 6.92 Å². The molecule has 0 bridgehead atoms. The predicted molar refractivity (Wildman–Crippen MR) is 68.0 cm³/mol. The van der Waals surface area contributed by atoms with Crippen molar-refractivity contribution in [1.82, 2.24) is 4.98 Å². The molecule has 1 N–H and O–H groups in total. The summed E-state index contributed by atoms with van der Waals surface area (Å²) in [6.45, 7) is 1.56. The molecule has 0 radical (unpaired) electrons. The zero-order valence-corrected chi connectivity index (χ0v) is 10.0. The first-order valence-electron chi connectivity index (χ1n) is 5.45. The smallest absolute Gasteiger partial charge is 0.337 e. The number of nitrogens with zero attached hydrogens (tertiary/aromatic N) is 2. The summed E-state index contributed by atoms with van der Waals surface area (Å²) in [7, 11) is 0. The van der Waals surface area contributed by atoms with Crippen molar-refractivity contribution >= 4 is 11.7 Å². The fraction of sp³-hybridized carbons (Fsp3) is 0.0769. The van der Waals surface area contributed by atoms with E-state index >= 15 is 0 Å². The molecule has 6 nitrogen and oxygen atoms in total. The average molecular weight is 258 g/mol. The van der Waals surface area contributed by atoms with Crippen molar-refractivity contribution in [1.29, 1.82) is 0 Å². The number of hydrogen-bond donors (Lipinski definition) is 1. The second kappa shape index (κ2) is 4.85. The molecule has 0 unspecified atom stereocenters. The Morgan fingerprint density at radius 3 is 2.53 bits per heavy atom. The highest BCUT2D eigenvalue weighted by Crippen LogP contribution is 2.28. The average Bonchev–Trinajstić information content (AvgIpc) is 2.38. The Labute approximate surface area is 108 Å². The SMILES string of the molecule is Cc1nc(-c2ccccc2[N+](=O)[O-])ccc1C(=O)O. The minimum atomic E-state index is -1.07. The quantitative estimate of drug-likeness (QED) is 0.674. The molecule has 0 fully saturated rings.